The first-order valence-electron chi connectivity index (χ1n) is 8.63. The lowest BCUT2D eigenvalue weighted by Gasteiger charge is -2.14. The zero-order chi connectivity index (χ0) is 19.1. The van der Waals surface area contributed by atoms with Crippen LogP contribution in [0.4, 0.5) is 4.79 Å². The third kappa shape index (κ3) is 6.20. The molecule has 2 aromatic rings. The first kappa shape index (κ1) is 20.0. The first-order valence-corrected chi connectivity index (χ1v) is 9.01. The molecule has 2 rings (SSSR count). The third-order valence-electron chi connectivity index (χ3n) is 3.97. The summed E-state index contributed by atoms with van der Waals surface area (Å²) < 4.78 is 5.84. The van der Waals surface area contributed by atoms with Gasteiger partial charge >= 0.3 is 6.03 Å². The second-order valence-corrected chi connectivity index (χ2v) is 6.85. The van der Waals surface area contributed by atoms with E-state index >= 15 is 0 Å². The van der Waals surface area contributed by atoms with E-state index in [1.807, 2.05) is 57.3 Å². The van der Waals surface area contributed by atoms with Crippen LogP contribution in [0.1, 0.15) is 26.0 Å². The summed E-state index contributed by atoms with van der Waals surface area (Å²) in [6, 6.07) is 10.8. The Bertz CT molecular complexity index is 743. The smallest absolute Gasteiger partial charge is 0.321 e. The van der Waals surface area contributed by atoms with Crippen molar-refractivity contribution in [1.29, 1.82) is 0 Å². The Morgan fingerprint density at radius 3 is 2.54 bits per heavy atom. The molecule has 2 atom stereocenters. The van der Waals surface area contributed by atoms with Gasteiger partial charge in [0.2, 0.25) is 0 Å². The molecule has 3 amide bonds. The van der Waals surface area contributed by atoms with E-state index in [0.29, 0.717) is 11.6 Å². The molecule has 0 spiro atoms. The number of benzene rings is 1. The molecule has 0 fully saturated rings. The zero-order valence-electron chi connectivity index (χ0n) is 15.3. The summed E-state index contributed by atoms with van der Waals surface area (Å²) in [5.41, 5.74) is 0.942. The topological polar surface area (TPSA) is 75.8 Å². The van der Waals surface area contributed by atoms with Crippen molar-refractivity contribution in [2.24, 2.45) is 0 Å². The maximum Gasteiger partial charge on any atom is 0.321 e. The number of quaternary nitrogens is 1. The lowest BCUT2D eigenvalue weighted by molar-refractivity contribution is -0.886. The molecule has 1 aromatic carbocycles. The van der Waals surface area contributed by atoms with Crippen LogP contribution >= 0.6 is 11.6 Å². The van der Waals surface area contributed by atoms with E-state index in [1.54, 1.807) is 0 Å². The SMILES string of the molecule is CC[C@@H](C)NC(=O)NC(=O)C[NH+](C)Cc1ccc(-c2ccc(Cl)cc2)o1. The van der Waals surface area contributed by atoms with Crippen molar-refractivity contribution in [3.05, 3.63) is 47.2 Å². The molecule has 1 unspecified atom stereocenters. The summed E-state index contributed by atoms with van der Waals surface area (Å²) in [4.78, 5) is 24.5. The number of carbonyl (C=O) groups excluding carboxylic acids is 2. The van der Waals surface area contributed by atoms with Crippen molar-refractivity contribution in [3.8, 4) is 11.3 Å². The standard InChI is InChI=1S/C19H24ClN3O3/c1-4-13(2)21-19(25)22-18(24)12-23(3)11-16-9-10-17(26-16)14-5-7-15(20)8-6-14/h5-10,13H,4,11-12H2,1-3H3,(H2,21,22,24,25)/p+1/t13-/m1/s1. The Balaban J connectivity index is 1.84. The normalized spacial score (nSPS) is 13.1. The van der Waals surface area contributed by atoms with Crippen LogP contribution < -0.4 is 15.5 Å². The Labute approximate surface area is 158 Å². The zero-order valence-corrected chi connectivity index (χ0v) is 16.0. The maximum absolute atomic E-state index is 11.9. The van der Waals surface area contributed by atoms with Crippen molar-refractivity contribution < 1.29 is 18.9 Å². The molecule has 0 aliphatic carbocycles. The summed E-state index contributed by atoms with van der Waals surface area (Å²) in [6.07, 6.45) is 0.807. The second-order valence-electron chi connectivity index (χ2n) is 6.41. The fourth-order valence-corrected chi connectivity index (χ4v) is 2.53. The molecule has 140 valence electrons. The molecule has 6 nitrogen and oxygen atoms in total. The van der Waals surface area contributed by atoms with Gasteiger partial charge in [0.15, 0.2) is 12.3 Å². The molecular weight excluding hydrogens is 354 g/mol. The molecule has 1 aromatic heterocycles. The van der Waals surface area contributed by atoms with Crippen LogP contribution in [-0.2, 0) is 11.3 Å². The highest BCUT2D eigenvalue weighted by atomic mass is 35.5. The number of halogens is 1. The van der Waals surface area contributed by atoms with Crippen LogP contribution in [0.2, 0.25) is 5.02 Å². The van der Waals surface area contributed by atoms with Crippen LogP contribution in [0.25, 0.3) is 11.3 Å². The van der Waals surface area contributed by atoms with Gasteiger partial charge in [-0.05, 0) is 49.7 Å². The van der Waals surface area contributed by atoms with E-state index in [1.165, 1.54) is 0 Å². The number of carbonyl (C=O) groups is 2. The van der Waals surface area contributed by atoms with Crippen LogP contribution in [0.15, 0.2) is 40.8 Å². The molecule has 0 bridgehead atoms. The van der Waals surface area contributed by atoms with Gasteiger partial charge in [0.1, 0.15) is 12.3 Å². The predicted octanol–water partition coefficient (Wildman–Crippen LogP) is 2.24. The molecule has 26 heavy (non-hydrogen) atoms. The summed E-state index contributed by atoms with van der Waals surface area (Å²) in [6.45, 7) is 4.56. The van der Waals surface area contributed by atoms with Gasteiger partial charge in [0.05, 0.1) is 7.05 Å². The number of hydrogen-bond acceptors (Lipinski definition) is 3. The minimum absolute atomic E-state index is 0.0299. The average molecular weight is 379 g/mol. The third-order valence-corrected chi connectivity index (χ3v) is 4.22. The van der Waals surface area contributed by atoms with Gasteiger partial charge in [-0.3, -0.25) is 10.1 Å². The van der Waals surface area contributed by atoms with Gasteiger partial charge in [-0.25, -0.2) is 4.79 Å². The van der Waals surface area contributed by atoms with E-state index in [9.17, 15) is 9.59 Å². The van der Waals surface area contributed by atoms with Crippen LogP contribution in [0, 0.1) is 0 Å². The summed E-state index contributed by atoms with van der Waals surface area (Å²) in [5.74, 6) is 1.19. The number of rotatable bonds is 7. The molecule has 0 saturated carbocycles. The molecule has 0 aliphatic rings. The molecule has 0 saturated heterocycles. The minimum atomic E-state index is -0.458. The number of imide groups is 1. The lowest BCUT2D eigenvalue weighted by atomic mass is 10.2. The number of likely N-dealkylation sites (N-methyl/N-ethyl adjacent to an activating group) is 1. The van der Waals surface area contributed by atoms with Gasteiger partial charge in [-0.15, -0.1) is 0 Å². The molecule has 0 radical (unpaired) electrons. The highest BCUT2D eigenvalue weighted by Gasteiger charge is 2.16. The number of amides is 3. The molecular formula is C19H25ClN3O3+. The van der Waals surface area contributed by atoms with Gasteiger partial charge in [-0.1, -0.05) is 18.5 Å². The van der Waals surface area contributed by atoms with E-state index < -0.39 is 6.03 Å². The predicted molar refractivity (Wildman–Crippen MR) is 101 cm³/mol. The number of hydrogen-bond donors (Lipinski definition) is 3. The van der Waals surface area contributed by atoms with Crippen molar-refractivity contribution in [3.63, 3.8) is 0 Å². The Kier molecular flexibility index (Phi) is 7.24. The fourth-order valence-electron chi connectivity index (χ4n) is 2.41. The summed E-state index contributed by atoms with van der Waals surface area (Å²) in [5, 5.41) is 5.72. The van der Waals surface area contributed by atoms with Crippen molar-refractivity contribution in [1.82, 2.24) is 10.6 Å². The van der Waals surface area contributed by atoms with Gasteiger partial charge in [0, 0.05) is 16.6 Å². The lowest BCUT2D eigenvalue weighted by Crippen LogP contribution is -3.09. The minimum Gasteiger partial charge on any atom is -0.455 e. The number of urea groups is 1. The molecule has 3 N–H and O–H groups in total. The highest BCUT2D eigenvalue weighted by Crippen LogP contribution is 2.23. The van der Waals surface area contributed by atoms with Gasteiger partial charge in [0.25, 0.3) is 5.91 Å². The molecule has 0 aliphatic heterocycles. The van der Waals surface area contributed by atoms with E-state index in [-0.39, 0.29) is 18.5 Å². The number of nitrogens with one attached hydrogen (secondary N) is 3. The molecule has 7 heteroatoms. The van der Waals surface area contributed by atoms with Crippen LogP contribution in [-0.4, -0.2) is 31.6 Å². The highest BCUT2D eigenvalue weighted by molar-refractivity contribution is 6.30. The van der Waals surface area contributed by atoms with Gasteiger partial charge < -0.3 is 14.6 Å². The van der Waals surface area contributed by atoms with E-state index in [4.69, 9.17) is 16.0 Å². The van der Waals surface area contributed by atoms with E-state index in [2.05, 4.69) is 10.6 Å². The van der Waals surface area contributed by atoms with Gasteiger partial charge in [-0.2, -0.15) is 0 Å². The Morgan fingerprint density at radius 1 is 1.19 bits per heavy atom. The Morgan fingerprint density at radius 2 is 1.88 bits per heavy atom. The monoisotopic (exact) mass is 378 g/mol. The van der Waals surface area contributed by atoms with Crippen LogP contribution in [0.5, 0.6) is 0 Å². The Hall–Kier alpha value is -2.31. The van der Waals surface area contributed by atoms with Crippen LogP contribution in [0.3, 0.4) is 0 Å². The fraction of sp³-hybridized carbons (Fsp3) is 0.368. The average Bonchev–Trinajstić information content (AvgIpc) is 3.03. The quantitative estimate of drug-likeness (QED) is 0.691. The van der Waals surface area contributed by atoms with E-state index in [0.717, 1.165) is 28.4 Å². The second kappa shape index (κ2) is 9.40. The van der Waals surface area contributed by atoms with Crippen molar-refractivity contribution in [2.75, 3.05) is 13.6 Å². The summed E-state index contributed by atoms with van der Waals surface area (Å²) in [7, 11) is 1.87. The number of furan rings is 1. The molecule has 1 heterocycles. The first-order chi connectivity index (χ1) is 12.4. The summed E-state index contributed by atoms with van der Waals surface area (Å²) >= 11 is 5.89. The maximum atomic E-state index is 11.9. The largest absolute Gasteiger partial charge is 0.455 e. The van der Waals surface area contributed by atoms with Crippen molar-refractivity contribution in [2.45, 2.75) is 32.9 Å². The van der Waals surface area contributed by atoms with Crippen molar-refractivity contribution >= 4 is 23.5 Å².